The SMILES string of the molecule is Cc1cccc(C)c1NC(=O)CN(C)C(=O)CN(C)Cc1ccc(Br)cc1. The fraction of sp³-hybridized carbons (Fsp3) is 0.333. The van der Waals surface area contributed by atoms with Crippen LogP contribution in [0.1, 0.15) is 16.7 Å². The van der Waals surface area contributed by atoms with Crippen molar-refractivity contribution in [3.05, 3.63) is 63.6 Å². The summed E-state index contributed by atoms with van der Waals surface area (Å²) in [4.78, 5) is 28.1. The molecule has 1 N–H and O–H groups in total. The summed E-state index contributed by atoms with van der Waals surface area (Å²) in [6.45, 7) is 4.85. The second-order valence-corrected chi connectivity index (χ2v) is 7.78. The molecule has 2 aromatic rings. The van der Waals surface area contributed by atoms with Crippen LogP contribution in [0.3, 0.4) is 0 Å². The van der Waals surface area contributed by atoms with Gasteiger partial charge in [0.2, 0.25) is 11.8 Å². The number of benzene rings is 2. The molecule has 144 valence electrons. The maximum absolute atomic E-state index is 12.4. The van der Waals surface area contributed by atoms with Crippen LogP contribution in [0.4, 0.5) is 5.69 Å². The van der Waals surface area contributed by atoms with Crippen molar-refractivity contribution in [3.63, 3.8) is 0 Å². The Bertz CT molecular complexity index is 785. The Morgan fingerprint density at radius 2 is 1.56 bits per heavy atom. The van der Waals surface area contributed by atoms with E-state index in [2.05, 4.69) is 21.2 Å². The molecule has 0 spiro atoms. The predicted molar refractivity (Wildman–Crippen MR) is 113 cm³/mol. The van der Waals surface area contributed by atoms with E-state index in [1.165, 1.54) is 4.90 Å². The van der Waals surface area contributed by atoms with Crippen molar-refractivity contribution in [3.8, 4) is 0 Å². The smallest absolute Gasteiger partial charge is 0.243 e. The number of para-hydroxylation sites is 1. The quantitative estimate of drug-likeness (QED) is 0.728. The first-order chi connectivity index (χ1) is 12.8. The topological polar surface area (TPSA) is 52.7 Å². The molecule has 0 aliphatic rings. The zero-order valence-electron chi connectivity index (χ0n) is 16.3. The lowest BCUT2D eigenvalue weighted by molar-refractivity contribution is -0.134. The van der Waals surface area contributed by atoms with Gasteiger partial charge in [-0.2, -0.15) is 0 Å². The number of aryl methyl sites for hydroxylation is 2. The fourth-order valence-corrected chi connectivity index (χ4v) is 3.07. The second kappa shape index (κ2) is 9.67. The zero-order chi connectivity index (χ0) is 20.0. The van der Waals surface area contributed by atoms with Crippen molar-refractivity contribution in [2.75, 3.05) is 32.5 Å². The van der Waals surface area contributed by atoms with Gasteiger partial charge in [-0.15, -0.1) is 0 Å². The van der Waals surface area contributed by atoms with E-state index in [9.17, 15) is 9.59 Å². The van der Waals surface area contributed by atoms with E-state index in [1.807, 2.05) is 68.3 Å². The Morgan fingerprint density at radius 3 is 2.15 bits per heavy atom. The highest BCUT2D eigenvalue weighted by Gasteiger charge is 2.16. The highest BCUT2D eigenvalue weighted by molar-refractivity contribution is 9.10. The molecule has 0 aromatic heterocycles. The Hall–Kier alpha value is -2.18. The molecule has 0 unspecified atom stereocenters. The van der Waals surface area contributed by atoms with Crippen molar-refractivity contribution >= 4 is 33.4 Å². The predicted octanol–water partition coefficient (Wildman–Crippen LogP) is 3.59. The third-order valence-electron chi connectivity index (χ3n) is 4.32. The molecule has 6 heteroatoms. The first-order valence-electron chi connectivity index (χ1n) is 8.79. The van der Waals surface area contributed by atoms with Crippen molar-refractivity contribution in [2.45, 2.75) is 20.4 Å². The van der Waals surface area contributed by atoms with Gasteiger partial charge in [0.1, 0.15) is 0 Å². The van der Waals surface area contributed by atoms with Crippen molar-refractivity contribution in [1.82, 2.24) is 9.80 Å². The second-order valence-electron chi connectivity index (χ2n) is 6.86. The van der Waals surface area contributed by atoms with E-state index in [0.29, 0.717) is 6.54 Å². The Labute approximate surface area is 169 Å². The molecule has 0 bridgehead atoms. The van der Waals surface area contributed by atoms with E-state index in [0.717, 1.165) is 26.9 Å². The molecule has 0 heterocycles. The zero-order valence-corrected chi connectivity index (χ0v) is 17.8. The number of halogens is 1. The van der Waals surface area contributed by atoms with Gasteiger partial charge in [0.05, 0.1) is 13.1 Å². The Morgan fingerprint density at radius 1 is 0.963 bits per heavy atom. The summed E-state index contributed by atoms with van der Waals surface area (Å²) < 4.78 is 1.03. The van der Waals surface area contributed by atoms with Gasteiger partial charge < -0.3 is 10.2 Å². The molecule has 0 saturated carbocycles. The molecule has 0 fully saturated rings. The molecule has 27 heavy (non-hydrogen) atoms. The minimum Gasteiger partial charge on any atom is -0.335 e. The third kappa shape index (κ3) is 6.48. The monoisotopic (exact) mass is 431 g/mol. The summed E-state index contributed by atoms with van der Waals surface area (Å²) in [5.74, 6) is -0.287. The minimum atomic E-state index is -0.196. The highest BCUT2D eigenvalue weighted by Crippen LogP contribution is 2.19. The maximum Gasteiger partial charge on any atom is 0.243 e. The van der Waals surface area contributed by atoms with E-state index in [4.69, 9.17) is 0 Å². The Kier molecular flexibility index (Phi) is 7.56. The van der Waals surface area contributed by atoms with Gasteiger partial charge >= 0.3 is 0 Å². The normalized spacial score (nSPS) is 10.7. The van der Waals surface area contributed by atoms with Crippen molar-refractivity contribution in [1.29, 1.82) is 0 Å². The van der Waals surface area contributed by atoms with Crippen molar-refractivity contribution < 1.29 is 9.59 Å². The van der Waals surface area contributed by atoms with E-state index in [-0.39, 0.29) is 24.9 Å². The molecule has 2 aromatic carbocycles. The molecule has 0 atom stereocenters. The van der Waals surface area contributed by atoms with Crippen LogP contribution in [0, 0.1) is 13.8 Å². The van der Waals surface area contributed by atoms with Crippen LogP contribution < -0.4 is 5.32 Å². The lowest BCUT2D eigenvalue weighted by atomic mass is 10.1. The number of likely N-dealkylation sites (N-methyl/N-ethyl adjacent to an activating group) is 2. The summed E-state index contributed by atoms with van der Waals surface area (Å²) in [6, 6.07) is 13.9. The number of amides is 2. The van der Waals surface area contributed by atoms with Gasteiger partial charge in [0.15, 0.2) is 0 Å². The van der Waals surface area contributed by atoms with Crippen LogP contribution in [-0.4, -0.2) is 48.8 Å². The molecule has 0 aliphatic heterocycles. The number of hydrogen-bond donors (Lipinski definition) is 1. The van der Waals surface area contributed by atoms with Crippen LogP contribution in [0.2, 0.25) is 0 Å². The summed E-state index contributed by atoms with van der Waals surface area (Å²) in [5.41, 5.74) is 3.96. The largest absolute Gasteiger partial charge is 0.335 e. The lowest BCUT2D eigenvalue weighted by Crippen LogP contribution is -2.40. The lowest BCUT2D eigenvalue weighted by Gasteiger charge is -2.22. The molecule has 0 radical (unpaired) electrons. The molecule has 0 saturated heterocycles. The van der Waals surface area contributed by atoms with E-state index in [1.54, 1.807) is 7.05 Å². The summed E-state index contributed by atoms with van der Waals surface area (Å²) in [6.07, 6.45) is 0. The van der Waals surface area contributed by atoms with Crippen LogP contribution in [0.25, 0.3) is 0 Å². The first kappa shape index (κ1) is 21.1. The van der Waals surface area contributed by atoms with Crippen LogP contribution >= 0.6 is 15.9 Å². The van der Waals surface area contributed by atoms with Gasteiger partial charge in [-0.25, -0.2) is 0 Å². The van der Waals surface area contributed by atoms with E-state index >= 15 is 0 Å². The molecular weight excluding hydrogens is 406 g/mol. The molecule has 5 nitrogen and oxygen atoms in total. The van der Waals surface area contributed by atoms with Gasteiger partial charge in [-0.05, 0) is 49.7 Å². The summed E-state index contributed by atoms with van der Waals surface area (Å²) in [7, 11) is 3.55. The van der Waals surface area contributed by atoms with Gasteiger partial charge in [0, 0.05) is 23.8 Å². The number of anilines is 1. The molecule has 0 aliphatic carbocycles. The number of carbonyl (C=O) groups excluding carboxylic acids is 2. The first-order valence-corrected chi connectivity index (χ1v) is 9.58. The average Bonchev–Trinajstić information content (AvgIpc) is 2.60. The average molecular weight is 432 g/mol. The Balaban J connectivity index is 1.85. The molecule has 2 rings (SSSR count). The number of hydrogen-bond acceptors (Lipinski definition) is 3. The van der Waals surface area contributed by atoms with Crippen molar-refractivity contribution in [2.24, 2.45) is 0 Å². The number of rotatable bonds is 7. The van der Waals surface area contributed by atoms with Crippen LogP contribution in [0.5, 0.6) is 0 Å². The third-order valence-corrected chi connectivity index (χ3v) is 4.85. The highest BCUT2D eigenvalue weighted by atomic mass is 79.9. The minimum absolute atomic E-state index is 0.0265. The summed E-state index contributed by atoms with van der Waals surface area (Å²) in [5, 5.41) is 2.91. The summed E-state index contributed by atoms with van der Waals surface area (Å²) >= 11 is 3.41. The number of carbonyl (C=O) groups is 2. The van der Waals surface area contributed by atoms with E-state index < -0.39 is 0 Å². The van der Waals surface area contributed by atoms with Gasteiger partial charge in [-0.1, -0.05) is 46.3 Å². The molecule has 2 amide bonds. The van der Waals surface area contributed by atoms with Crippen LogP contribution in [-0.2, 0) is 16.1 Å². The standard InChI is InChI=1S/C21H26BrN3O2/c1-15-6-5-7-16(2)21(15)23-19(26)13-25(4)20(27)14-24(3)12-17-8-10-18(22)11-9-17/h5-11H,12-14H2,1-4H3,(H,23,26). The van der Waals surface area contributed by atoms with Crippen LogP contribution in [0.15, 0.2) is 46.9 Å². The maximum atomic E-state index is 12.4. The van der Waals surface area contributed by atoms with Gasteiger partial charge in [0.25, 0.3) is 0 Å². The fourth-order valence-electron chi connectivity index (χ4n) is 2.80. The number of nitrogens with one attached hydrogen (secondary N) is 1. The number of nitrogens with zero attached hydrogens (tertiary/aromatic N) is 2. The molecular formula is C21H26BrN3O2. The van der Waals surface area contributed by atoms with Gasteiger partial charge in [-0.3, -0.25) is 14.5 Å².